The van der Waals surface area contributed by atoms with Crippen LogP contribution in [0.2, 0.25) is 0 Å². The lowest BCUT2D eigenvalue weighted by Gasteiger charge is -2.28. The van der Waals surface area contributed by atoms with Crippen LogP contribution in [0.5, 0.6) is 0 Å². The minimum atomic E-state index is -4.63. The van der Waals surface area contributed by atoms with E-state index in [2.05, 4.69) is 62.5 Å². The van der Waals surface area contributed by atoms with Crippen LogP contribution >= 0.6 is 7.82 Å². The number of unbranched alkanes of at least 4 members (excludes halogenated alkanes) is 22. The molecule has 2 atom stereocenters. The van der Waals surface area contributed by atoms with Gasteiger partial charge in [0.25, 0.3) is 7.82 Å². The first kappa shape index (κ1) is 58.0. The quantitative estimate of drug-likeness (QED) is 0.0196. The van der Waals surface area contributed by atoms with Gasteiger partial charge in [0.15, 0.2) is 6.10 Å². The largest absolute Gasteiger partial charge is 0.756 e. The molecule has 0 aliphatic rings. The lowest BCUT2D eigenvalue weighted by Crippen LogP contribution is -2.37. The van der Waals surface area contributed by atoms with Crippen molar-refractivity contribution < 1.29 is 42.1 Å². The van der Waals surface area contributed by atoms with Crippen LogP contribution in [-0.4, -0.2) is 70.0 Å². The van der Waals surface area contributed by atoms with Crippen LogP contribution in [0.1, 0.15) is 206 Å². The first-order valence-electron chi connectivity index (χ1n) is 24.3. The van der Waals surface area contributed by atoms with E-state index in [0.717, 1.165) is 70.6 Å². The molecule has 0 radical (unpaired) electrons. The summed E-state index contributed by atoms with van der Waals surface area (Å²) in [5.74, 6) is -0.846. The number of hydrogen-bond donors (Lipinski definition) is 0. The number of likely N-dealkylation sites (N-methyl/N-ethyl adjacent to an activating group) is 1. The van der Waals surface area contributed by atoms with Gasteiger partial charge >= 0.3 is 11.9 Å². The van der Waals surface area contributed by atoms with Gasteiger partial charge in [-0.2, -0.15) is 0 Å². The molecule has 10 heteroatoms. The highest BCUT2D eigenvalue weighted by Crippen LogP contribution is 2.38. The highest BCUT2D eigenvalue weighted by atomic mass is 31.2. The van der Waals surface area contributed by atoms with Gasteiger partial charge in [0.2, 0.25) is 0 Å². The second kappa shape index (κ2) is 42.3. The molecule has 0 saturated carbocycles. The van der Waals surface area contributed by atoms with Gasteiger partial charge in [-0.25, -0.2) is 0 Å². The Bertz CT molecular complexity index is 1160. The molecule has 0 fully saturated rings. The normalized spacial score (nSPS) is 13.9. The van der Waals surface area contributed by atoms with Gasteiger partial charge < -0.3 is 27.9 Å². The van der Waals surface area contributed by atoms with Crippen molar-refractivity contribution >= 4 is 19.8 Å². The van der Waals surface area contributed by atoms with E-state index in [1.165, 1.54) is 103 Å². The minimum Gasteiger partial charge on any atom is -0.756 e. The summed E-state index contributed by atoms with van der Waals surface area (Å²) in [4.78, 5) is 37.7. The first-order valence-corrected chi connectivity index (χ1v) is 25.8. The summed E-state index contributed by atoms with van der Waals surface area (Å²) in [5.41, 5.74) is 0. The Labute approximate surface area is 369 Å². The van der Waals surface area contributed by atoms with Crippen LogP contribution in [0.4, 0.5) is 0 Å². The van der Waals surface area contributed by atoms with Crippen molar-refractivity contribution in [2.75, 3.05) is 47.5 Å². The molecule has 0 rings (SSSR count). The number of nitrogens with zero attached hydrogens (tertiary/aromatic N) is 1. The van der Waals surface area contributed by atoms with E-state index in [0.29, 0.717) is 17.4 Å². The number of carbonyl (C=O) groups excluding carboxylic acids is 2. The second-order valence-electron chi connectivity index (χ2n) is 17.5. The average Bonchev–Trinajstić information content (AvgIpc) is 3.20. The zero-order valence-corrected chi connectivity index (χ0v) is 40.3. The Morgan fingerprint density at radius 3 is 1.32 bits per heavy atom. The fraction of sp³-hybridized carbons (Fsp3) is 0.800. The van der Waals surface area contributed by atoms with Gasteiger partial charge in [-0.05, 0) is 77.0 Å². The van der Waals surface area contributed by atoms with Gasteiger partial charge in [0, 0.05) is 12.8 Å². The molecule has 0 aromatic carbocycles. The summed E-state index contributed by atoms with van der Waals surface area (Å²) in [7, 11) is 1.16. The number of rotatable bonds is 44. The molecule has 0 amide bonds. The van der Waals surface area contributed by atoms with Crippen LogP contribution in [0.3, 0.4) is 0 Å². The van der Waals surface area contributed by atoms with Gasteiger partial charge in [0.05, 0.1) is 27.7 Å². The lowest BCUT2D eigenvalue weighted by molar-refractivity contribution is -0.870. The summed E-state index contributed by atoms with van der Waals surface area (Å²) in [6.45, 7) is 4.17. The average molecular weight is 866 g/mol. The zero-order valence-electron chi connectivity index (χ0n) is 39.4. The Balaban J connectivity index is 4.30. The maximum absolute atomic E-state index is 12.7. The molecular weight excluding hydrogens is 774 g/mol. The van der Waals surface area contributed by atoms with E-state index in [4.69, 9.17) is 18.5 Å². The maximum atomic E-state index is 12.7. The molecule has 0 bridgehead atoms. The third-order valence-electron chi connectivity index (χ3n) is 10.3. The first-order chi connectivity index (χ1) is 29.0. The fourth-order valence-corrected chi connectivity index (χ4v) is 7.21. The van der Waals surface area contributed by atoms with Crippen molar-refractivity contribution in [1.29, 1.82) is 0 Å². The van der Waals surface area contributed by atoms with Crippen molar-refractivity contribution in [1.82, 2.24) is 0 Å². The molecule has 0 aromatic rings. The van der Waals surface area contributed by atoms with Crippen LogP contribution in [0.25, 0.3) is 0 Å². The fourth-order valence-electron chi connectivity index (χ4n) is 6.48. The number of allylic oxidation sites excluding steroid dienone is 8. The Hall–Kier alpha value is -2.03. The Morgan fingerprint density at radius 2 is 0.900 bits per heavy atom. The molecule has 350 valence electrons. The summed E-state index contributed by atoms with van der Waals surface area (Å²) < 4.78 is 34.0. The topological polar surface area (TPSA) is 111 Å². The molecule has 0 heterocycles. The summed E-state index contributed by atoms with van der Waals surface area (Å²) >= 11 is 0. The van der Waals surface area contributed by atoms with Crippen molar-refractivity contribution in [2.24, 2.45) is 0 Å². The molecule has 9 nitrogen and oxygen atoms in total. The van der Waals surface area contributed by atoms with E-state index in [1.54, 1.807) is 0 Å². The van der Waals surface area contributed by atoms with Crippen LogP contribution < -0.4 is 4.89 Å². The second-order valence-corrected chi connectivity index (χ2v) is 18.9. The molecule has 0 aliphatic carbocycles. The van der Waals surface area contributed by atoms with Crippen LogP contribution in [-0.2, 0) is 32.7 Å². The van der Waals surface area contributed by atoms with Crippen molar-refractivity contribution in [2.45, 2.75) is 213 Å². The predicted molar refractivity (Wildman–Crippen MR) is 250 cm³/mol. The van der Waals surface area contributed by atoms with Gasteiger partial charge in [-0.1, -0.05) is 165 Å². The predicted octanol–water partition coefficient (Wildman–Crippen LogP) is 13.6. The Morgan fingerprint density at radius 1 is 0.517 bits per heavy atom. The monoisotopic (exact) mass is 866 g/mol. The van der Waals surface area contributed by atoms with E-state index in [9.17, 15) is 19.0 Å². The smallest absolute Gasteiger partial charge is 0.306 e. The number of phosphoric acid groups is 1. The molecule has 0 spiro atoms. The van der Waals surface area contributed by atoms with Crippen molar-refractivity contribution in [3.05, 3.63) is 48.6 Å². The van der Waals surface area contributed by atoms with Crippen LogP contribution in [0, 0.1) is 0 Å². The summed E-state index contributed by atoms with van der Waals surface area (Å²) in [6, 6.07) is 0. The number of esters is 2. The van der Waals surface area contributed by atoms with Crippen LogP contribution in [0.15, 0.2) is 48.6 Å². The number of quaternary nitrogens is 1. The van der Waals surface area contributed by atoms with Gasteiger partial charge in [-0.15, -0.1) is 0 Å². The van der Waals surface area contributed by atoms with Crippen molar-refractivity contribution in [3.8, 4) is 0 Å². The standard InChI is InChI=1S/C50H92NO8P/c1-6-8-10-12-14-16-18-20-22-24-25-27-28-30-32-34-36-38-40-42-49(52)56-46-48(47-58-60(54,55)57-45-44-51(3,4)5)59-50(53)43-41-39-37-35-33-31-29-26-23-21-19-17-15-13-11-9-7-2/h14-17,20-23,48H,6-13,18-19,24-47H2,1-5H3/b16-14+,17-15+,22-20+,23-21+/t48-/m1/s1. The van der Waals surface area contributed by atoms with E-state index in [1.807, 2.05) is 21.1 Å². The number of ether oxygens (including phenoxy) is 2. The summed E-state index contributed by atoms with van der Waals surface area (Å²) in [6.07, 6.45) is 49.8. The number of hydrogen-bond acceptors (Lipinski definition) is 8. The highest BCUT2D eigenvalue weighted by molar-refractivity contribution is 7.45. The molecule has 0 aliphatic heterocycles. The maximum Gasteiger partial charge on any atom is 0.306 e. The molecule has 1 unspecified atom stereocenters. The minimum absolute atomic E-state index is 0.0343. The van der Waals surface area contributed by atoms with E-state index >= 15 is 0 Å². The lowest BCUT2D eigenvalue weighted by atomic mass is 10.1. The number of carbonyl (C=O) groups is 2. The third kappa shape index (κ3) is 45.5. The van der Waals surface area contributed by atoms with E-state index in [-0.39, 0.29) is 32.0 Å². The van der Waals surface area contributed by atoms with Gasteiger partial charge in [-0.3, -0.25) is 14.2 Å². The molecule has 0 N–H and O–H groups in total. The van der Waals surface area contributed by atoms with Crippen molar-refractivity contribution in [3.63, 3.8) is 0 Å². The molecule has 0 aromatic heterocycles. The van der Waals surface area contributed by atoms with E-state index < -0.39 is 26.5 Å². The molecular formula is C50H92NO8P. The molecule has 0 saturated heterocycles. The zero-order chi connectivity index (χ0) is 44.3. The SMILES string of the molecule is CCCCC/C=C/C/C=C/CCCCCCCCCCCC(=O)OC[C@H](COP(=O)([O-])OCC[N+](C)(C)C)OC(=O)CCCCCCCCC/C=C/C/C=C/CCCCC. The third-order valence-corrected chi connectivity index (χ3v) is 11.3. The summed E-state index contributed by atoms with van der Waals surface area (Å²) in [5, 5.41) is 0. The highest BCUT2D eigenvalue weighted by Gasteiger charge is 2.21. The number of phosphoric ester groups is 1. The van der Waals surface area contributed by atoms with Gasteiger partial charge in [0.1, 0.15) is 19.8 Å². The Kier molecular flexibility index (Phi) is 40.8. The molecule has 60 heavy (non-hydrogen) atoms.